The molecule has 1 heterocycles. The Balaban J connectivity index is 1.69. The largest absolute Gasteiger partial charge is 0.497 e. The van der Waals surface area contributed by atoms with Crippen molar-refractivity contribution in [2.45, 2.75) is 32.4 Å². The van der Waals surface area contributed by atoms with E-state index in [1.807, 2.05) is 24.3 Å². The van der Waals surface area contributed by atoms with E-state index in [9.17, 15) is 0 Å². The van der Waals surface area contributed by atoms with Gasteiger partial charge in [0.1, 0.15) is 11.8 Å². The first-order chi connectivity index (χ1) is 10.2. The number of nitrogens with one attached hydrogen (secondary N) is 3. The van der Waals surface area contributed by atoms with Crippen LogP contribution in [0.25, 0.3) is 0 Å². The summed E-state index contributed by atoms with van der Waals surface area (Å²) < 4.78 is 5.15. The number of hydrogen-bond acceptors (Lipinski definition) is 2. The third-order valence-electron chi connectivity index (χ3n) is 4.20. The number of ether oxygens (including phenoxy) is 1. The summed E-state index contributed by atoms with van der Waals surface area (Å²) in [6.07, 6.45) is 2.64. The summed E-state index contributed by atoms with van der Waals surface area (Å²) >= 11 is 5.36. The quantitative estimate of drug-likeness (QED) is 0.677. The molecule has 1 aromatic carbocycles. The van der Waals surface area contributed by atoms with E-state index >= 15 is 0 Å². The zero-order valence-electron chi connectivity index (χ0n) is 12.9. The molecule has 4 nitrogen and oxygen atoms in total. The van der Waals surface area contributed by atoms with E-state index in [1.54, 1.807) is 12.0 Å². The lowest BCUT2D eigenvalue weighted by Gasteiger charge is -2.21. The molecule has 0 bridgehead atoms. The highest BCUT2D eigenvalue weighted by atomic mass is 32.1. The van der Waals surface area contributed by atoms with Gasteiger partial charge in [-0.1, -0.05) is 12.1 Å². The lowest BCUT2D eigenvalue weighted by Crippen LogP contribution is -3.14. The number of likely N-dealkylation sites (tertiary alicyclic amines) is 1. The van der Waals surface area contributed by atoms with E-state index in [0.29, 0.717) is 6.04 Å². The predicted octanol–water partition coefficient (Wildman–Crippen LogP) is 0.727. The minimum absolute atomic E-state index is 0.704. The van der Waals surface area contributed by atoms with Crippen molar-refractivity contribution in [2.75, 3.05) is 26.7 Å². The third kappa shape index (κ3) is 4.86. The second-order valence-electron chi connectivity index (χ2n) is 5.51. The molecular weight excluding hydrogens is 282 g/mol. The summed E-state index contributed by atoms with van der Waals surface area (Å²) in [4.78, 5) is 1.69. The Labute approximate surface area is 132 Å². The third-order valence-corrected chi connectivity index (χ3v) is 4.49. The average molecular weight is 308 g/mol. The molecule has 0 amide bonds. The van der Waals surface area contributed by atoms with Gasteiger partial charge in [0.25, 0.3) is 0 Å². The molecule has 116 valence electrons. The maximum absolute atomic E-state index is 5.36. The minimum Gasteiger partial charge on any atom is -0.497 e. The van der Waals surface area contributed by atoms with Gasteiger partial charge in [0.05, 0.1) is 26.7 Å². The second kappa shape index (κ2) is 8.20. The van der Waals surface area contributed by atoms with Crippen LogP contribution in [0.3, 0.4) is 0 Å². The van der Waals surface area contributed by atoms with Crippen LogP contribution in [-0.4, -0.2) is 37.9 Å². The fourth-order valence-corrected chi connectivity index (χ4v) is 3.06. The van der Waals surface area contributed by atoms with Crippen molar-refractivity contribution in [1.29, 1.82) is 0 Å². The summed E-state index contributed by atoms with van der Waals surface area (Å²) in [7, 11) is 1.68. The van der Waals surface area contributed by atoms with Gasteiger partial charge in [-0.3, -0.25) is 0 Å². The van der Waals surface area contributed by atoms with Gasteiger partial charge < -0.3 is 20.3 Å². The molecule has 2 rings (SSSR count). The molecule has 1 unspecified atom stereocenters. The molecule has 1 aliphatic rings. The van der Waals surface area contributed by atoms with Crippen molar-refractivity contribution >= 4 is 17.3 Å². The fraction of sp³-hybridized carbons (Fsp3) is 0.562. The van der Waals surface area contributed by atoms with E-state index in [-0.39, 0.29) is 0 Å². The van der Waals surface area contributed by atoms with E-state index in [1.165, 1.54) is 31.5 Å². The number of rotatable bonds is 6. The van der Waals surface area contributed by atoms with Crippen LogP contribution in [-0.2, 0) is 6.54 Å². The van der Waals surface area contributed by atoms with Gasteiger partial charge >= 0.3 is 0 Å². The number of methoxy groups -OCH3 is 1. The summed E-state index contributed by atoms with van der Waals surface area (Å²) in [6.45, 7) is 6.48. The van der Waals surface area contributed by atoms with E-state index in [2.05, 4.69) is 17.6 Å². The normalized spacial score (nSPS) is 21.0. The Morgan fingerprint density at radius 3 is 2.76 bits per heavy atom. The van der Waals surface area contributed by atoms with Crippen LogP contribution in [0.5, 0.6) is 5.75 Å². The van der Waals surface area contributed by atoms with Gasteiger partial charge in [-0.05, 0) is 36.8 Å². The molecule has 3 N–H and O–H groups in total. The number of hydrogen-bond donors (Lipinski definition) is 3. The standard InChI is InChI=1S/C16H25N3OS/c1-3-19-10-4-5-14(19)12-18-16(21)17-11-13-6-8-15(20-2)9-7-13/h6-9,14H,3-5,10-12H2,1-2H3,(H2,17,18,21)/p+1/t14-/m0/s1. The Morgan fingerprint density at radius 1 is 1.33 bits per heavy atom. The molecule has 1 fully saturated rings. The van der Waals surface area contributed by atoms with Crippen molar-refractivity contribution < 1.29 is 9.64 Å². The topological polar surface area (TPSA) is 37.7 Å². The molecule has 1 aliphatic heterocycles. The summed E-state index contributed by atoms with van der Waals surface area (Å²) in [5.41, 5.74) is 1.20. The van der Waals surface area contributed by atoms with Crippen molar-refractivity contribution in [3.8, 4) is 5.75 Å². The van der Waals surface area contributed by atoms with Gasteiger partial charge in [-0.2, -0.15) is 0 Å². The average Bonchev–Trinajstić information content (AvgIpc) is 2.99. The van der Waals surface area contributed by atoms with Crippen LogP contribution < -0.4 is 20.3 Å². The van der Waals surface area contributed by atoms with Crippen LogP contribution in [0.15, 0.2) is 24.3 Å². The number of thiocarbonyl (C=S) groups is 1. The number of likely N-dealkylation sites (N-methyl/N-ethyl adjacent to an activating group) is 1. The van der Waals surface area contributed by atoms with Crippen LogP contribution in [0, 0.1) is 0 Å². The maximum atomic E-state index is 5.36. The van der Waals surface area contributed by atoms with Crippen molar-refractivity contribution in [2.24, 2.45) is 0 Å². The van der Waals surface area contributed by atoms with Gasteiger partial charge in [-0.15, -0.1) is 0 Å². The molecule has 0 aliphatic carbocycles. The van der Waals surface area contributed by atoms with E-state index in [0.717, 1.165) is 24.0 Å². The highest BCUT2D eigenvalue weighted by Gasteiger charge is 2.26. The maximum Gasteiger partial charge on any atom is 0.166 e. The first-order valence-corrected chi connectivity index (χ1v) is 8.13. The lowest BCUT2D eigenvalue weighted by molar-refractivity contribution is -0.909. The molecule has 0 spiro atoms. The first kappa shape index (κ1) is 16.0. The Hall–Kier alpha value is -1.33. The van der Waals surface area contributed by atoms with Crippen molar-refractivity contribution in [3.05, 3.63) is 29.8 Å². The zero-order valence-corrected chi connectivity index (χ0v) is 13.8. The predicted molar refractivity (Wildman–Crippen MR) is 89.8 cm³/mol. The van der Waals surface area contributed by atoms with E-state index < -0.39 is 0 Å². The summed E-state index contributed by atoms with van der Waals surface area (Å²) in [6, 6.07) is 8.74. The zero-order chi connectivity index (χ0) is 15.1. The fourth-order valence-electron chi connectivity index (χ4n) is 2.90. The van der Waals surface area contributed by atoms with Crippen LogP contribution in [0.4, 0.5) is 0 Å². The van der Waals surface area contributed by atoms with Gasteiger partial charge in [0, 0.05) is 19.4 Å². The van der Waals surface area contributed by atoms with Crippen LogP contribution in [0.2, 0.25) is 0 Å². The smallest absolute Gasteiger partial charge is 0.166 e. The monoisotopic (exact) mass is 308 g/mol. The van der Waals surface area contributed by atoms with Gasteiger partial charge in [0.15, 0.2) is 5.11 Å². The van der Waals surface area contributed by atoms with Gasteiger partial charge in [-0.25, -0.2) is 0 Å². The Morgan fingerprint density at radius 2 is 2.10 bits per heavy atom. The van der Waals surface area contributed by atoms with Crippen LogP contribution in [0.1, 0.15) is 25.3 Å². The number of benzene rings is 1. The van der Waals surface area contributed by atoms with Crippen LogP contribution >= 0.6 is 12.2 Å². The highest BCUT2D eigenvalue weighted by molar-refractivity contribution is 7.80. The molecule has 0 aromatic heterocycles. The molecule has 0 radical (unpaired) electrons. The van der Waals surface area contributed by atoms with Crippen molar-refractivity contribution in [3.63, 3.8) is 0 Å². The molecule has 21 heavy (non-hydrogen) atoms. The SMILES string of the molecule is CC[NH+]1CCC[C@H]1CNC(=S)NCc1ccc(OC)cc1. The number of quaternary nitrogens is 1. The molecule has 1 aromatic rings. The van der Waals surface area contributed by atoms with E-state index in [4.69, 9.17) is 17.0 Å². The molecule has 2 atom stereocenters. The molecule has 5 heteroatoms. The molecule has 0 saturated carbocycles. The Bertz CT molecular complexity index is 449. The summed E-state index contributed by atoms with van der Waals surface area (Å²) in [5, 5.41) is 7.36. The second-order valence-corrected chi connectivity index (χ2v) is 5.92. The van der Waals surface area contributed by atoms with Gasteiger partial charge in [0.2, 0.25) is 0 Å². The highest BCUT2D eigenvalue weighted by Crippen LogP contribution is 2.10. The lowest BCUT2D eigenvalue weighted by atomic mass is 10.2. The molecular formula is C16H26N3OS+. The molecule has 1 saturated heterocycles. The minimum atomic E-state index is 0.704. The van der Waals surface area contributed by atoms with Crippen molar-refractivity contribution in [1.82, 2.24) is 10.6 Å². The summed E-state index contributed by atoms with van der Waals surface area (Å²) in [5.74, 6) is 0.878. The first-order valence-electron chi connectivity index (χ1n) is 7.72. The Kier molecular flexibility index (Phi) is 6.26.